The fraction of sp³-hybridized carbons (Fsp3) is 0.692. The standard InChI is InChI=1S/C11H19N3O2.C2H6/c1-8(2)5-12-11(15)9-6-14(3)13-10(9)7-16-4;1-2/h6,8H,5,7H2,1-4H3,(H,12,15);1-2H3. The van der Waals surface area contributed by atoms with Crippen molar-refractivity contribution in [1.29, 1.82) is 0 Å². The van der Waals surface area contributed by atoms with Crippen LogP contribution in [0.15, 0.2) is 6.20 Å². The Morgan fingerprint density at radius 3 is 2.61 bits per heavy atom. The lowest BCUT2D eigenvalue weighted by Crippen LogP contribution is -2.27. The minimum atomic E-state index is -0.0890. The molecule has 5 heteroatoms. The molecule has 0 saturated heterocycles. The van der Waals surface area contributed by atoms with Gasteiger partial charge in [-0.05, 0) is 5.92 Å². The van der Waals surface area contributed by atoms with E-state index in [1.165, 1.54) is 0 Å². The molecule has 0 aliphatic heterocycles. The largest absolute Gasteiger partial charge is 0.378 e. The molecule has 0 bridgehead atoms. The molecule has 1 N–H and O–H groups in total. The molecule has 0 aliphatic carbocycles. The zero-order valence-corrected chi connectivity index (χ0v) is 12.3. The molecule has 5 nitrogen and oxygen atoms in total. The summed E-state index contributed by atoms with van der Waals surface area (Å²) in [7, 11) is 3.38. The number of aryl methyl sites for hydroxylation is 1. The summed E-state index contributed by atoms with van der Waals surface area (Å²) >= 11 is 0. The molecule has 0 spiro atoms. The Bertz CT molecular complexity index is 359. The number of ether oxygens (including phenoxy) is 1. The van der Waals surface area contributed by atoms with E-state index in [0.29, 0.717) is 30.3 Å². The first-order valence-electron chi connectivity index (χ1n) is 6.34. The van der Waals surface area contributed by atoms with Crippen molar-refractivity contribution in [2.24, 2.45) is 13.0 Å². The van der Waals surface area contributed by atoms with Crippen molar-refractivity contribution in [3.63, 3.8) is 0 Å². The highest BCUT2D eigenvalue weighted by Gasteiger charge is 2.15. The van der Waals surface area contributed by atoms with Crippen LogP contribution in [0.1, 0.15) is 43.7 Å². The normalized spacial score (nSPS) is 9.94. The summed E-state index contributed by atoms with van der Waals surface area (Å²) in [6.07, 6.45) is 1.71. The Hall–Kier alpha value is -1.36. The highest BCUT2D eigenvalue weighted by atomic mass is 16.5. The molecule has 1 amide bonds. The number of hydrogen-bond acceptors (Lipinski definition) is 3. The number of nitrogens with one attached hydrogen (secondary N) is 1. The van der Waals surface area contributed by atoms with Crippen LogP contribution in [-0.2, 0) is 18.4 Å². The second kappa shape index (κ2) is 8.69. The van der Waals surface area contributed by atoms with E-state index < -0.39 is 0 Å². The lowest BCUT2D eigenvalue weighted by atomic mass is 10.2. The Balaban J connectivity index is 0.00000137. The van der Waals surface area contributed by atoms with Gasteiger partial charge in [0.15, 0.2) is 0 Å². The molecular weight excluding hydrogens is 230 g/mol. The number of methoxy groups -OCH3 is 1. The van der Waals surface area contributed by atoms with E-state index in [4.69, 9.17) is 4.74 Å². The number of carbonyl (C=O) groups excluding carboxylic acids is 1. The summed E-state index contributed by atoms with van der Waals surface area (Å²) in [5.74, 6) is 0.348. The van der Waals surface area contributed by atoms with Crippen molar-refractivity contribution in [1.82, 2.24) is 15.1 Å². The van der Waals surface area contributed by atoms with Gasteiger partial charge in [0.25, 0.3) is 5.91 Å². The van der Waals surface area contributed by atoms with Crippen molar-refractivity contribution in [2.75, 3.05) is 13.7 Å². The van der Waals surface area contributed by atoms with Gasteiger partial charge >= 0.3 is 0 Å². The van der Waals surface area contributed by atoms with E-state index in [0.717, 1.165) is 0 Å². The third-order valence-corrected chi connectivity index (χ3v) is 2.10. The monoisotopic (exact) mass is 255 g/mol. The SMILES string of the molecule is CC.COCc1nn(C)cc1C(=O)NCC(C)C. The molecule has 0 aromatic carbocycles. The van der Waals surface area contributed by atoms with Gasteiger partial charge in [-0.2, -0.15) is 5.10 Å². The van der Waals surface area contributed by atoms with Crippen LogP contribution in [0.25, 0.3) is 0 Å². The lowest BCUT2D eigenvalue weighted by Gasteiger charge is -2.07. The van der Waals surface area contributed by atoms with E-state index in [-0.39, 0.29) is 5.91 Å². The highest BCUT2D eigenvalue weighted by molar-refractivity contribution is 5.95. The van der Waals surface area contributed by atoms with Crippen LogP contribution in [0.3, 0.4) is 0 Å². The van der Waals surface area contributed by atoms with Gasteiger partial charge in [-0.1, -0.05) is 27.7 Å². The van der Waals surface area contributed by atoms with Crippen LogP contribution in [0, 0.1) is 5.92 Å². The topological polar surface area (TPSA) is 56.2 Å². The molecule has 1 aromatic heterocycles. The first kappa shape index (κ1) is 16.6. The van der Waals surface area contributed by atoms with Crippen LogP contribution < -0.4 is 5.32 Å². The summed E-state index contributed by atoms with van der Waals surface area (Å²) < 4.78 is 6.63. The Morgan fingerprint density at radius 2 is 2.11 bits per heavy atom. The van der Waals surface area contributed by atoms with Crippen LogP contribution in [0.2, 0.25) is 0 Å². The molecule has 1 rings (SSSR count). The molecule has 0 fully saturated rings. The number of hydrogen-bond donors (Lipinski definition) is 1. The summed E-state index contributed by atoms with van der Waals surface area (Å²) in [5.41, 5.74) is 1.26. The first-order chi connectivity index (χ1) is 8.54. The molecule has 0 aliphatic rings. The summed E-state index contributed by atoms with van der Waals surface area (Å²) in [5, 5.41) is 7.04. The number of aromatic nitrogens is 2. The van der Waals surface area contributed by atoms with E-state index in [1.54, 1.807) is 25.0 Å². The minimum absolute atomic E-state index is 0.0890. The maximum Gasteiger partial charge on any atom is 0.254 e. The fourth-order valence-electron chi connectivity index (χ4n) is 1.36. The summed E-state index contributed by atoms with van der Waals surface area (Å²) in [4.78, 5) is 11.8. The Morgan fingerprint density at radius 1 is 1.50 bits per heavy atom. The van der Waals surface area contributed by atoms with E-state index in [9.17, 15) is 4.79 Å². The molecule has 0 saturated carbocycles. The van der Waals surface area contributed by atoms with Crippen LogP contribution in [0.4, 0.5) is 0 Å². The average molecular weight is 255 g/mol. The van der Waals surface area contributed by atoms with Gasteiger partial charge in [0.2, 0.25) is 0 Å². The summed E-state index contributed by atoms with van der Waals surface area (Å²) in [6, 6.07) is 0. The Labute approximate surface area is 110 Å². The van der Waals surface area contributed by atoms with Gasteiger partial charge in [0, 0.05) is 26.9 Å². The van der Waals surface area contributed by atoms with Crippen LogP contribution in [0.5, 0.6) is 0 Å². The number of carbonyl (C=O) groups is 1. The van der Waals surface area contributed by atoms with Gasteiger partial charge in [-0.3, -0.25) is 9.48 Å². The van der Waals surface area contributed by atoms with Crippen molar-refractivity contribution in [2.45, 2.75) is 34.3 Å². The van der Waals surface area contributed by atoms with Gasteiger partial charge in [-0.25, -0.2) is 0 Å². The molecule has 0 unspecified atom stereocenters. The van der Waals surface area contributed by atoms with Gasteiger partial charge in [0.1, 0.15) is 5.69 Å². The summed E-state index contributed by atoms with van der Waals surface area (Å²) in [6.45, 7) is 9.13. The van der Waals surface area contributed by atoms with Gasteiger partial charge < -0.3 is 10.1 Å². The Kier molecular flexibility index (Phi) is 8.03. The smallest absolute Gasteiger partial charge is 0.254 e. The number of amides is 1. The van der Waals surface area contributed by atoms with E-state index in [2.05, 4.69) is 24.3 Å². The predicted octanol–water partition coefficient (Wildman–Crippen LogP) is 1.98. The highest BCUT2D eigenvalue weighted by Crippen LogP contribution is 2.07. The van der Waals surface area contributed by atoms with E-state index in [1.807, 2.05) is 13.8 Å². The molecule has 1 heterocycles. The second-order valence-corrected chi connectivity index (χ2v) is 4.20. The lowest BCUT2D eigenvalue weighted by molar-refractivity contribution is 0.0944. The van der Waals surface area contributed by atoms with Crippen molar-refractivity contribution >= 4 is 5.91 Å². The quantitative estimate of drug-likeness (QED) is 0.875. The zero-order valence-electron chi connectivity index (χ0n) is 12.3. The maximum atomic E-state index is 11.8. The average Bonchev–Trinajstić information content (AvgIpc) is 2.70. The van der Waals surface area contributed by atoms with Gasteiger partial charge in [-0.15, -0.1) is 0 Å². The molecule has 0 atom stereocenters. The van der Waals surface area contributed by atoms with Crippen molar-refractivity contribution < 1.29 is 9.53 Å². The van der Waals surface area contributed by atoms with Crippen LogP contribution >= 0.6 is 0 Å². The number of rotatable bonds is 5. The third-order valence-electron chi connectivity index (χ3n) is 2.10. The molecule has 1 aromatic rings. The molecule has 18 heavy (non-hydrogen) atoms. The minimum Gasteiger partial charge on any atom is -0.378 e. The van der Waals surface area contributed by atoms with Gasteiger partial charge in [0.05, 0.1) is 12.2 Å². The second-order valence-electron chi connectivity index (χ2n) is 4.20. The first-order valence-corrected chi connectivity index (χ1v) is 6.34. The van der Waals surface area contributed by atoms with Crippen LogP contribution in [-0.4, -0.2) is 29.3 Å². The van der Waals surface area contributed by atoms with Crippen molar-refractivity contribution in [3.05, 3.63) is 17.5 Å². The maximum absolute atomic E-state index is 11.8. The predicted molar refractivity (Wildman–Crippen MR) is 72.4 cm³/mol. The molecule has 0 radical (unpaired) electrons. The van der Waals surface area contributed by atoms with E-state index >= 15 is 0 Å². The fourth-order valence-corrected chi connectivity index (χ4v) is 1.36. The zero-order chi connectivity index (χ0) is 14.1. The van der Waals surface area contributed by atoms with Crippen molar-refractivity contribution in [3.8, 4) is 0 Å². The molecule has 104 valence electrons. The number of nitrogens with zero attached hydrogens (tertiary/aromatic N) is 2. The third kappa shape index (κ3) is 5.31. The molecular formula is C13H25N3O2.